The molecule has 3 aromatic carbocycles. The molecule has 4 aromatic rings. The molecule has 0 spiro atoms. The lowest BCUT2D eigenvalue weighted by Crippen LogP contribution is -2.16. The number of rotatable bonds is 8. The summed E-state index contributed by atoms with van der Waals surface area (Å²) in [7, 11) is 0. The topological polar surface area (TPSA) is 59.8 Å². The molecule has 0 aliphatic rings. The van der Waals surface area contributed by atoms with Crippen LogP contribution in [0.3, 0.4) is 0 Å². The van der Waals surface area contributed by atoms with E-state index in [0.29, 0.717) is 11.6 Å². The predicted molar refractivity (Wildman–Crippen MR) is 135 cm³/mol. The van der Waals surface area contributed by atoms with E-state index in [0.717, 1.165) is 34.7 Å². The van der Waals surface area contributed by atoms with Crippen molar-refractivity contribution in [3.8, 4) is 5.69 Å². The summed E-state index contributed by atoms with van der Waals surface area (Å²) in [5, 5.41) is 12.7. The van der Waals surface area contributed by atoms with Crippen LogP contribution >= 0.6 is 11.8 Å². The normalized spacial score (nSPS) is 10.9. The highest BCUT2D eigenvalue weighted by Crippen LogP contribution is 2.25. The van der Waals surface area contributed by atoms with Gasteiger partial charge in [-0.2, -0.15) is 0 Å². The molecule has 1 heterocycles. The number of thioether (sulfide) groups is 1. The Kier molecular flexibility index (Phi) is 7.25. The van der Waals surface area contributed by atoms with Crippen LogP contribution < -0.4 is 5.32 Å². The predicted octanol–water partition coefficient (Wildman–Crippen LogP) is 5.77. The van der Waals surface area contributed by atoms with E-state index in [-0.39, 0.29) is 11.7 Å². The van der Waals surface area contributed by atoms with Gasteiger partial charge in [0.05, 0.1) is 5.75 Å². The number of aryl methyl sites for hydroxylation is 3. The number of para-hydroxylation sites is 1. The molecule has 6 heteroatoms. The standard InChI is InChI=1S/C27H28N4OS/c1-4-22-12-8-9-20(3)26(22)28-25(32)18-33-27-30-29-24(17-21-10-6-5-7-11-21)31(27)23-15-13-19(2)14-16-23/h5-16H,4,17-18H2,1-3H3,(H,28,32). The summed E-state index contributed by atoms with van der Waals surface area (Å²) in [4.78, 5) is 12.8. The molecule has 0 aliphatic carbocycles. The third-order valence-corrected chi connectivity index (χ3v) is 6.46. The molecule has 168 valence electrons. The first-order valence-corrected chi connectivity index (χ1v) is 12.1. The van der Waals surface area contributed by atoms with Crippen molar-refractivity contribution >= 4 is 23.4 Å². The second kappa shape index (κ2) is 10.5. The SMILES string of the molecule is CCc1cccc(C)c1NC(=O)CSc1nnc(Cc2ccccc2)n1-c1ccc(C)cc1. The highest BCUT2D eigenvalue weighted by molar-refractivity contribution is 7.99. The number of nitrogens with zero attached hydrogens (tertiary/aromatic N) is 3. The maximum Gasteiger partial charge on any atom is 0.234 e. The van der Waals surface area contributed by atoms with Gasteiger partial charge in [-0.25, -0.2) is 0 Å². The Morgan fingerprint density at radius 1 is 0.939 bits per heavy atom. The van der Waals surface area contributed by atoms with Gasteiger partial charge in [-0.15, -0.1) is 10.2 Å². The number of carbonyl (C=O) groups excluding carboxylic acids is 1. The lowest BCUT2D eigenvalue weighted by Gasteiger charge is -2.13. The highest BCUT2D eigenvalue weighted by Gasteiger charge is 2.17. The Labute approximate surface area is 199 Å². The molecule has 0 unspecified atom stereocenters. The molecule has 33 heavy (non-hydrogen) atoms. The molecule has 1 aromatic heterocycles. The van der Waals surface area contributed by atoms with Crippen LogP contribution in [0.15, 0.2) is 78.0 Å². The largest absolute Gasteiger partial charge is 0.325 e. The fourth-order valence-corrected chi connectivity index (χ4v) is 4.52. The monoisotopic (exact) mass is 456 g/mol. The smallest absolute Gasteiger partial charge is 0.234 e. The van der Waals surface area contributed by atoms with Crippen molar-refractivity contribution in [2.75, 3.05) is 11.1 Å². The van der Waals surface area contributed by atoms with E-state index in [9.17, 15) is 4.79 Å². The van der Waals surface area contributed by atoms with Crippen LogP contribution in [0.25, 0.3) is 5.69 Å². The molecule has 5 nitrogen and oxygen atoms in total. The summed E-state index contributed by atoms with van der Waals surface area (Å²) in [5.74, 6) is 1.06. The van der Waals surface area contributed by atoms with E-state index in [1.807, 2.05) is 37.3 Å². The molecular weight excluding hydrogens is 428 g/mol. The third kappa shape index (κ3) is 5.52. The third-order valence-electron chi connectivity index (χ3n) is 5.53. The van der Waals surface area contributed by atoms with Crippen molar-refractivity contribution < 1.29 is 4.79 Å². The maximum absolute atomic E-state index is 12.8. The summed E-state index contributed by atoms with van der Waals surface area (Å²) >= 11 is 1.40. The zero-order valence-electron chi connectivity index (χ0n) is 19.2. The van der Waals surface area contributed by atoms with Gasteiger partial charge in [0.25, 0.3) is 0 Å². The molecule has 0 aliphatic heterocycles. The fourth-order valence-electron chi connectivity index (χ4n) is 3.75. The molecule has 1 amide bonds. The minimum Gasteiger partial charge on any atom is -0.325 e. The Hall–Kier alpha value is -3.38. The maximum atomic E-state index is 12.8. The van der Waals surface area contributed by atoms with Crippen LogP contribution in [-0.2, 0) is 17.6 Å². The second-order valence-corrected chi connectivity index (χ2v) is 8.97. The van der Waals surface area contributed by atoms with Crippen LogP contribution in [0.1, 0.15) is 35.0 Å². The molecule has 0 atom stereocenters. The first-order chi connectivity index (χ1) is 16.0. The number of hydrogen-bond donors (Lipinski definition) is 1. The van der Waals surface area contributed by atoms with Gasteiger partial charge in [0.1, 0.15) is 5.82 Å². The molecule has 0 saturated carbocycles. The summed E-state index contributed by atoms with van der Waals surface area (Å²) in [6.07, 6.45) is 1.53. The minimum atomic E-state index is -0.0490. The first kappa shape index (κ1) is 22.8. The number of amides is 1. The van der Waals surface area contributed by atoms with E-state index < -0.39 is 0 Å². The molecule has 0 radical (unpaired) electrons. The Bertz CT molecular complexity index is 1230. The molecule has 4 rings (SSSR count). The zero-order chi connectivity index (χ0) is 23.2. The average molecular weight is 457 g/mol. The van der Waals surface area contributed by atoms with Crippen LogP contribution in [0.2, 0.25) is 0 Å². The Balaban J connectivity index is 1.56. The van der Waals surface area contributed by atoms with Crippen molar-refractivity contribution in [2.45, 2.75) is 38.8 Å². The fraction of sp³-hybridized carbons (Fsp3) is 0.222. The van der Waals surface area contributed by atoms with E-state index in [1.165, 1.54) is 22.9 Å². The van der Waals surface area contributed by atoms with E-state index in [2.05, 4.69) is 76.4 Å². The average Bonchev–Trinajstić information content (AvgIpc) is 3.22. The lowest BCUT2D eigenvalue weighted by molar-refractivity contribution is -0.113. The van der Waals surface area contributed by atoms with Crippen LogP contribution in [0.4, 0.5) is 5.69 Å². The lowest BCUT2D eigenvalue weighted by atomic mass is 10.1. The van der Waals surface area contributed by atoms with Gasteiger partial charge in [0, 0.05) is 17.8 Å². The molecule has 0 bridgehead atoms. The van der Waals surface area contributed by atoms with Gasteiger partial charge in [-0.05, 0) is 49.1 Å². The van der Waals surface area contributed by atoms with Gasteiger partial charge in [-0.3, -0.25) is 9.36 Å². The number of aromatic nitrogens is 3. The first-order valence-electron chi connectivity index (χ1n) is 11.1. The zero-order valence-corrected chi connectivity index (χ0v) is 20.0. The summed E-state index contributed by atoms with van der Waals surface area (Å²) in [6.45, 7) is 6.18. The Morgan fingerprint density at radius 3 is 2.42 bits per heavy atom. The van der Waals surface area contributed by atoms with Gasteiger partial charge in [-0.1, -0.05) is 84.9 Å². The number of nitrogens with one attached hydrogen (secondary N) is 1. The van der Waals surface area contributed by atoms with E-state index in [4.69, 9.17) is 0 Å². The van der Waals surface area contributed by atoms with Gasteiger partial charge in [0.2, 0.25) is 5.91 Å². The van der Waals surface area contributed by atoms with Crippen LogP contribution in [-0.4, -0.2) is 26.4 Å². The molecule has 0 fully saturated rings. The number of carbonyl (C=O) groups is 1. The van der Waals surface area contributed by atoms with E-state index in [1.54, 1.807) is 0 Å². The summed E-state index contributed by atoms with van der Waals surface area (Å²) < 4.78 is 2.05. The molecule has 0 saturated heterocycles. The van der Waals surface area contributed by atoms with Gasteiger partial charge >= 0.3 is 0 Å². The number of anilines is 1. The van der Waals surface area contributed by atoms with Crippen molar-refractivity contribution in [2.24, 2.45) is 0 Å². The summed E-state index contributed by atoms with van der Waals surface area (Å²) in [5.41, 5.74) is 6.47. The van der Waals surface area contributed by atoms with Crippen molar-refractivity contribution in [3.05, 3.63) is 101 Å². The van der Waals surface area contributed by atoms with Crippen molar-refractivity contribution in [1.29, 1.82) is 0 Å². The number of hydrogen-bond acceptors (Lipinski definition) is 4. The Morgan fingerprint density at radius 2 is 1.70 bits per heavy atom. The minimum absolute atomic E-state index is 0.0490. The van der Waals surface area contributed by atoms with Crippen molar-refractivity contribution in [1.82, 2.24) is 14.8 Å². The van der Waals surface area contributed by atoms with Gasteiger partial charge in [0.15, 0.2) is 5.16 Å². The number of benzene rings is 3. The highest BCUT2D eigenvalue weighted by atomic mass is 32.2. The second-order valence-electron chi connectivity index (χ2n) is 8.03. The molecule has 1 N–H and O–H groups in total. The van der Waals surface area contributed by atoms with Gasteiger partial charge < -0.3 is 5.32 Å². The molecular formula is C27H28N4OS. The van der Waals surface area contributed by atoms with Crippen LogP contribution in [0.5, 0.6) is 0 Å². The van der Waals surface area contributed by atoms with E-state index >= 15 is 0 Å². The van der Waals surface area contributed by atoms with Crippen molar-refractivity contribution in [3.63, 3.8) is 0 Å². The van der Waals surface area contributed by atoms with Crippen LogP contribution in [0, 0.1) is 13.8 Å². The summed E-state index contributed by atoms with van der Waals surface area (Å²) in [6, 6.07) is 24.6. The quantitative estimate of drug-likeness (QED) is 0.342.